The van der Waals surface area contributed by atoms with Gasteiger partial charge in [0.2, 0.25) is 0 Å². The van der Waals surface area contributed by atoms with E-state index >= 15 is 0 Å². The minimum absolute atomic E-state index is 0.234. The van der Waals surface area contributed by atoms with Gasteiger partial charge in [-0.05, 0) is 45.0 Å². The Morgan fingerprint density at radius 2 is 2.19 bits per heavy atom. The molecule has 0 bridgehead atoms. The monoisotopic (exact) mass is 289 g/mol. The minimum Gasteiger partial charge on any atom is -0.464 e. The summed E-state index contributed by atoms with van der Waals surface area (Å²) in [6.07, 6.45) is 5.67. The number of fused-ring (bicyclic) bond motifs is 1. The topological polar surface area (TPSA) is 52.7 Å². The van der Waals surface area contributed by atoms with Gasteiger partial charge >= 0.3 is 0 Å². The van der Waals surface area contributed by atoms with Crippen LogP contribution in [0.25, 0.3) is 11.0 Å². The Labute approximate surface area is 125 Å². The normalized spacial score (nSPS) is 23.7. The Kier molecular flexibility index (Phi) is 4.12. The lowest BCUT2D eigenvalue weighted by atomic mass is 10.0. The Balaban J connectivity index is 1.95. The molecule has 0 aliphatic carbocycles. The summed E-state index contributed by atoms with van der Waals surface area (Å²) in [7, 11) is 4.24. The van der Waals surface area contributed by atoms with Crippen LogP contribution >= 0.6 is 0 Å². The second-order valence-electron chi connectivity index (χ2n) is 6.12. The summed E-state index contributed by atoms with van der Waals surface area (Å²) in [5, 5.41) is 10.6. The van der Waals surface area contributed by atoms with E-state index in [1.165, 1.54) is 0 Å². The maximum Gasteiger partial charge on any atom is 0.139 e. The van der Waals surface area contributed by atoms with Crippen LogP contribution < -0.4 is 4.90 Å². The largest absolute Gasteiger partial charge is 0.464 e. The first-order valence-corrected chi connectivity index (χ1v) is 7.53. The molecule has 1 aliphatic heterocycles. The zero-order chi connectivity index (χ0) is 14.8. The number of aromatic nitrogens is 1. The summed E-state index contributed by atoms with van der Waals surface area (Å²) in [6.45, 7) is 2.01. The smallest absolute Gasteiger partial charge is 0.139 e. The van der Waals surface area contributed by atoms with Crippen LogP contribution in [0, 0.1) is 5.92 Å². The summed E-state index contributed by atoms with van der Waals surface area (Å²) in [5.74, 6) is 1.27. The van der Waals surface area contributed by atoms with E-state index in [2.05, 4.69) is 28.9 Å². The van der Waals surface area contributed by atoms with Gasteiger partial charge in [-0.25, -0.2) is 4.98 Å². The molecule has 0 radical (unpaired) electrons. The van der Waals surface area contributed by atoms with E-state index in [0.717, 1.165) is 42.7 Å². The maximum atomic E-state index is 9.60. The van der Waals surface area contributed by atoms with Crippen LogP contribution in [-0.2, 0) is 0 Å². The van der Waals surface area contributed by atoms with Crippen molar-refractivity contribution in [2.75, 3.05) is 38.7 Å². The lowest BCUT2D eigenvalue weighted by Crippen LogP contribution is -2.40. The van der Waals surface area contributed by atoms with Crippen LogP contribution in [0.15, 0.2) is 29.0 Å². The van der Waals surface area contributed by atoms with Crippen molar-refractivity contribution >= 4 is 16.8 Å². The molecule has 0 amide bonds. The van der Waals surface area contributed by atoms with Gasteiger partial charge in [0.05, 0.1) is 11.6 Å². The zero-order valence-electron chi connectivity index (χ0n) is 12.7. The molecule has 5 heteroatoms. The van der Waals surface area contributed by atoms with Crippen molar-refractivity contribution in [2.24, 2.45) is 5.92 Å². The Morgan fingerprint density at radius 1 is 1.33 bits per heavy atom. The maximum absolute atomic E-state index is 9.60. The molecule has 0 spiro atoms. The average Bonchev–Trinajstić information content (AvgIpc) is 2.85. The molecular formula is C16H23N3O2. The summed E-state index contributed by atoms with van der Waals surface area (Å²) in [6, 6.07) is 4.34. The van der Waals surface area contributed by atoms with Gasteiger partial charge in [0.15, 0.2) is 0 Å². The number of hydrogen-bond acceptors (Lipinski definition) is 5. The highest BCUT2D eigenvalue weighted by molar-refractivity contribution is 5.88. The molecule has 5 nitrogen and oxygen atoms in total. The van der Waals surface area contributed by atoms with E-state index in [1.807, 2.05) is 12.1 Å². The Morgan fingerprint density at radius 3 is 2.95 bits per heavy atom. The van der Waals surface area contributed by atoms with Crippen LogP contribution in [0.1, 0.15) is 12.8 Å². The van der Waals surface area contributed by atoms with E-state index in [-0.39, 0.29) is 6.61 Å². The standard InChI is InChI=1S/C16H23N3O2/c1-18(2)13-4-3-12(11-20)9-19(10-13)16-14-6-8-21-15(14)5-7-17-16/h5-8,12-13,20H,3-4,9-11H2,1-2H3/t12-,13+/m0/s1. The van der Waals surface area contributed by atoms with E-state index in [0.29, 0.717) is 12.0 Å². The fraction of sp³-hybridized carbons (Fsp3) is 0.562. The first-order chi connectivity index (χ1) is 10.2. The van der Waals surface area contributed by atoms with Crippen LogP contribution in [0.2, 0.25) is 0 Å². The highest BCUT2D eigenvalue weighted by Crippen LogP contribution is 2.29. The first-order valence-electron chi connectivity index (χ1n) is 7.53. The number of hydrogen-bond donors (Lipinski definition) is 1. The summed E-state index contributed by atoms with van der Waals surface area (Å²) >= 11 is 0. The molecule has 114 valence electrons. The lowest BCUT2D eigenvalue weighted by Gasteiger charge is -2.30. The number of aliphatic hydroxyl groups excluding tert-OH is 1. The van der Waals surface area contributed by atoms with Gasteiger partial charge in [-0.2, -0.15) is 0 Å². The van der Waals surface area contributed by atoms with Gasteiger partial charge in [0, 0.05) is 31.9 Å². The third kappa shape index (κ3) is 2.89. The number of rotatable bonds is 3. The van der Waals surface area contributed by atoms with E-state index in [4.69, 9.17) is 4.42 Å². The number of aliphatic hydroxyl groups is 1. The van der Waals surface area contributed by atoms with Gasteiger partial charge in [0.1, 0.15) is 11.4 Å². The number of likely N-dealkylation sites (N-methyl/N-ethyl adjacent to an activating group) is 1. The molecule has 1 N–H and O–H groups in total. The number of pyridine rings is 1. The fourth-order valence-corrected chi connectivity index (χ4v) is 3.13. The molecule has 1 fully saturated rings. The molecule has 3 heterocycles. The molecule has 0 aromatic carbocycles. The molecular weight excluding hydrogens is 266 g/mol. The molecule has 2 aromatic rings. The predicted octanol–water partition coefficient (Wildman–Crippen LogP) is 1.97. The van der Waals surface area contributed by atoms with E-state index < -0.39 is 0 Å². The van der Waals surface area contributed by atoms with Crippen LogP contribution in [-0.4, -0.2) is 54.8 Å². The van der Waals surface area contributed by atoms with E-state index in [9.17, 15) is 5.11 Å². The Bertz CT molecular complexity index is 596. The van der Waals surface area contributed by atoms with Crippen LogP contribution in [0.5, 0.6) is 0 Å². The van der Waals surface area contributed by atoms with Crippen molar-refractivity contribution in [1.29, 1.82) is 0 Å². The van der Waals surface area contributed by atoms with Crippen LogP contribution in [0.4, 0.5) is 5.82 Å². The highest BCUT2D eigenvalue weighted by Gasteiger charge is 2.26. The molecule has 2 aromatic heterocycles. The van der Waals surface area contributed by atoms with Crippen molar-refractivity contribution in [1.82, 2.24) is 9.88 Å². The fourth-order valence-electron chi connectivity index (χ4n) is 3.13. The second kappa shape index (κ2) is 6.03. The third-order valence-electron chi connectivity index (χ3n) is 4.46. The van der Waals surface area contributed by atoms with Crippen molar-refractivity contribution in [3.8, 4) is 0 Å². The minimum atomic E-state index is 0.234. The van der Waals surface area contributed by atoms with Crippen LogP contribution in [0.3, 0.4) is 0 Å². The predicted molar refractivity (Wildman–Crippen MR) is 83.5 cm³/mol. The van der Waals surface area contributed by atoms with Crippen molar-refractivity contribution in [2.45, 2.75) is 18.9 Å². The molecule has 2 atom stereocenters. The van der Waals surface area contributed by atoms with Gasteiger partial charge in [-0.3, -0.25) is 0 Å². The van der Waals surface area contributed by atoms with Gasteiger partial charge in [0.25, 0.3) is 0 Å². The summed E-state index contributed by atoms with van der Waals surface area (Å²) < 4.78 is 5.48. The molecule has 1 saturated heterocycles. The van der Waals surface area contributed by atoms with Crippen molar-refractivity contribution in [3.05, 3.63) is 24.6 Å². The lowest BCUT2D eigenvalue weighted by molar-refractivity contribution is 0.216. The Hall–Kier alpha value is -1.59. The molecule has 21 heavy (non-hydrogen) atoms. The van der Waals surface area contributed by atoms with Crippen molar-refractivity contribution < 1.29 is 9.52 Å². The molecule has 0 saturated carbocycles. The molecule has 1 aliphatic rings. The number of anilines is 1. The average molecular weight is 289 g/mol. The van der Waals surface area contributed by atoms with E-state index in [1.54, 1.807) is 12.5 Å². The molecule has 3 rings (SSSR count). The SMILES string of the molecule is CN(C)[C@@H]1CC[C@H](CO)CN(c2nccc3occc23)C1. The van der Waals surface area contributed by atoms with Gasteiger partial charge in [-0.1, -0.05) is 0 Å². The first kappa shape index (κ1) is 14.4. The summed E-state index contributed by atoms with van der Waals surface area (Å²) in [4.78, 5) is 9.14. The molecule has 0 unspecified atom stereocenters. The van der Waals surface area contributed by atoms with Gasteiger partial charge in [-0.15, -0.1) is 0 Å². The van der Waals surface area contributed by atoms with Gasteiger partial charge < -0.3 is 19.3 Å². The quantitative estimate of drug-likeness (QED) is 0.936. The second-order valence-corrected chi connectivity index (χ2v) is 6.12. The highest BCUT2D eigenvalue weighted by atomic mass is 16.3. The number of nitrogens with zero attached hydrogens (tertiary/aromatic N) is 3. The zero-order valence-corrected chi connectivity index (χ0v) is 12.7. The summed E-state index contributed by atoms with van der Waals surface area (Å²) in [5.41, 5.74) is 0.867. The van der Waals surface area contributed by atoms with Crippen molar-refractivity contribution in [3.63, 3.8) is 0 Å². The third-order valence-corrected chi connectivity index (χ3v) is 4.46. The number of furan rings is 1.